The highest BCUT2D eigenvalue weighted by molar-refractivity contribution is 7.89. The topological polar surface area (TPSA) is 104 Å². The first-order valence-electron chi connectivity index (χ1n) is 11.5. The molecule has 0 aliphatic heterocycles. The zero-order valence-corrected chi connectivity index (χ0v) is 22.6. The minimum absolute atomic E-state index is 0.162. The van der Waals surface area contributed by atoms with E-state index in [1.54, 1.807) is 13.0 Å². The Hall–Kier alpha value is -2.53. The highest BCUT2D eigenvalue weighted by Gasteiger charge is 2.24. The summed E-state index contributed by atoms with van der Waals surface area (Å²) in [4.78, 5) is 26.0. The van der Waals surface area contributed by atoms with Crippen LogP contribution in [0.2, 0.25) is 5.02 Å². The Morgan fingerprint density at radius 3 is 2.47 bits per heavy atom. The third-order valence-electron chi connectivity index (χ3n) is 5.39. The predicted octanol–water partition coefficient (Wildman–Crippen LogP) is 4.71. The molecule has 3 aromatic rings. The van der Waals surface area contributed by atoms with E-state index in [9.17, 15) is 22.4 Å². The van der Waals surface area contributed by atoms with Gasteiger partial charge in [-0.3, -0.25) is 9.59 Å². The molecule has 0 radical (unpaired) electrons. The molecular weight excluding hydrogens is 525 g/mol. The molecule has 11 heteroatoms. The Morgan fingerprint density at radius 2 is 1.81 bits per heavy atom. The van der Waals surface area contributed by atoms with Gasteiger partial charge < -0.3 is 10.6 Å². The van der Waals surface area contributed by atoms with Gasteiger partial charge in [-0.15, -0.1) is 11.3 Å². The largest absolute Gasteiger partial charge is 0.354 e. The lowest BCUT2D eigenvalue weighted by Gasteiger charge is -2.21. The van der Waals surface area contributed by atoms with Crippen molar-refractivity contribution in [3.63, 3.8) is 0 Å². The molecule has 0 saturated carbocycles. The molecule has 3 rings (SSSR count). The maximum atomic E-state index is 13.2. The summed E-state index contributed by atoms with van der Waals surface area (Å²) < 4.78 is 41.9. The fourth-order valence-corrected chi connectivity index (χ4v) is 6.42. The summed E-state index contributed by atoms with van der Waals surface area (Å²) in [6.07, 6.45) is 0.746. The minimum atomic E-state index is -3.96. The second kappa shape index (κ2) is 12.1. The van der Waals surface area contributed by atoms with Crippen LogP contribution < -0.4 is 15.4 Å². The van der Waals surface area contributed by atoms with Crippen molar-refractivity contribution in [3.05, 3.63) is 64.2 Å². The summed E-state index contributed by atoms with van der Waals surface area (Å²) in [5.41, 5.74) is 0. The molecule has 1 aromatic heterocycles. The fraction of sp³-hybridized carbons (Fsp3) is 0.360. The van der Waals surface area contributed by atoms with E-state index >= 15 is 0 Å². The minimum Gasteiger partial charge on any atom is -0.354 e. The molecule has 194 valence electrons. The Bertz CT molecular complexity index is 1310. The Kier molecular flexibility index (Phi) is 9.46. The van der Waals surface area contributed by atoms with Crippen molar-refractivity contribution in [2.75, 3.05) is 6.54 Å². The van der Waals surface area contributed by atoms with Gasteiger partial charge in [0.15, 0.2) is 0 Å². The van der Waals surface area contributed by atoms with E-state index in [0.717, 1.165) is 28.3 Å². The van der Waals surface area contributed by atoms with E-state index < -0.39 is 27.9 Å². The SMILES string of the molecule is CC(C)C[C@H](NC(=O)c1cc2ccccc2s1)C(=O)NCCC(C)NS(=O)(=O)c1ccc(F)cc1Cl. The average Bonchev–Trinajstić information content (AvgIpc) is 3.22. The van der Waals surface area contributed by atoms with Crippen LogP contribution in [0.1, 0.15) is 43.3 Å². The van der Waals surface area contributed by atoms with Gasteiger partial charge in [-0.2, -0.15) is 0 Å². The first-order chi connectivity index (χ1) is 17.0. The number of halogens is 2. The monoisotopic (exact) mass is 553 g/mol. The molecule has 2 aromatic carbocycles. The van der Waals surface area contributed by atoms with E-state index in [1.165, 1.54) is 11.3 Å². The van der Waals surface area contributed by atoms with E-state index in [0.29, 0.717) is 17.7 Å². The number of benzene rings is 2. The molecule has 0 spiro atoms. The van der Waals surface area contributed by atoms with Crippen LogP contribution >= 0.6 is 22.9 Å². The van der Waals surface area contributed by atoms with Crippen molar-refractivity contribution in [2.24, 2.45) is 5.92 Å². The van der Waals surface area contributed by atoms with Gasteiger partial charge >= 0.3 is 0 Å². The van der Waals surface area contributed by atoms with Crippen LogP contribution in [-0.4, -0.2) is 38.9 Å². The van der Waals surface area contributed by atoms with Gasteiger partial charge in [0.25, 0.3) is 5.91 Å². The van der Waals surface area contributed by atoms with Gasteiger partial charge in [-0.1, -0.05) is 43.6 Å². The van der Waals surface area contributed by atoms with Crippen molar-refractivity contribution in [1.29, 1.82) is 0 Å². The lowest BCUT2D eigenvalue weighted by atomic mass is 10.0. The number of carbonyl (C=O) groups excluding carboxylic acids is 2. The number of sulfonamides is 1. The zero-order chi connectivity index (χ0) is 26.5. The van der Waals surface area contributed by atoms with E-state index in [2.05, 4.69) is 15.4 Å². The second-order valence-electron chi connectivity index (χ2n) is 8.98. The van der Waals surface area contributed by atoms with Crippen molar-refractivity contribution in [1.82, 2.24) is 15.4 Å². The van der Waals surface area contributed by atoms with Crippen LogP contribution in [0.25, 0.3) is 10.1 Å². The predicted molar refractivity (Wildman–Crippen MR) is 141 cm³/mol. The van der Waals surface area contributed by atoms with Gasteiger partial charge in [0.1, 0.15) is 16.8 Å². The van der Waals surface area contributed by atoms with Gasteiger partial charge in [-0.25, -0.2) is 17.5 Å². The van der Waals surface area contributed by atoms with Crippen molar-refractivity contribution < 1.29 is 22.4 Å². The Balaban J connectivity index is 1.56. The number of thiophene rings is 1. The van der Waals surface area contributed by atoms with Crippen LogP contribution in [-0.2, 0) is 14.8 Å². The molecule has 0 aliphatic rings. The second-order valence-corrected chi connectivity index (χ2v) is 12.2. The third-order valence-corrected chi connectivity index (χ3v) is 8.58. The molecular formula is C25H29ClFN3O4S2. The van der Waals surface area contributed by atoms with E-state index in [-0.39, 0.29) is 34.2 Å². The smallest absolute Gasteiger partial charge is 0.262 e. The fourth-order valence-electron chi connectivity index (χ4n) is 3.64. The summed E-state index contributed by atoms with van der Waals surface area (Å²) in [7, 11) is -3.96. The third kappa shape index (κ3) is 7.49. The average molecular weight is 554 g/mol. The molecule has 1 unspecified atom stereocenters. The van der Waals surface area contributed by atoms with E-state index in [4.69, 9.17) is 11.6 Å². The highest BCUT2D eigenvalue weighted by atomic mass is 35.5. The molecule has 0 aliphatic carbocycles. The molecule has 7 nitrogen and oxygen atoms in total. The van der Waals surface area contributed by atoms with E-state index in [1.807, 2.05) is 38.1 Å². The molecule has 36 heavy (non-hydrogen) atoms. The Labute approximate surface area is 219 Å². The van der Waals surface area contributed by atoms with Crippen LogP contribution in [0.3, 0.4) is 0 Å². The van der Waals surface area contributed by atoms with Crippen LogP contribution in [0.5, 0.6) is 0 Å². The number of amides is 2. The molecule has 2 atom stereocenters. The summed E-state index contributed by atoms with van der Waals surface area (Å²) in [5, 5.41) is 6.38. The van der Waals surface area contributed by atoms with Crippen LogP contribution in [0.4, 0.5) is 4.39 Å². The summed E-state index contributed by atoms with van der Waals surface area (Å²) in [5.74, 6) is -1.12. The number of rotatable bonds is 11. The molecule has 2 amide bonds. The number of hydrogen-bond acceptors (Lipinski definition) is 5. The number of hydrogen-bond donors (Lipinski definition) is 3. The maximum Gasteiger partial charge on any atom is 0.262 e. The van der Waals surface area contributed by atoms with Crippen LogP contribution in [0.15, 0.2) is 53.4 Å². The van der Waals surface area contributed by atoms with Crippen molar-refractivity contribution >= 4 is 54.9 Å². The molecule has 1 heterocycles. The number of nitrogens with one attached hydrogen (secondary N) is 3. The number of carbonyl (C=O) groups is 2. The van der Waals surface area contributed by atoms with Gasteiger partial charge in [-0.05, 0) is 61.4 Å². The van der Waals surface area contributed by atoms with Gasteiger partial charge in [0, 0.05) is 17.3 Å². The normalized spacial score (nSPS) is 13.5. The molecule has 0 fully saturated rings. The van der Waals surface area contributed by atoms with Crippen molar-refractivity contribution in [2.45, 2.75) is 50.6 Å². The highest BCUT2D eigenvalue weighted by Crippen LogP contribution is 2.25. The standard InChI is InChI=1S/C25H29ClFN3O4S2/c1-15(2)12-20(29-25(32)22-13-17-6-4-5-7-21(17)35-22)24(31)28-11-10-16(3)30-36(33,34)23-9-8-18(27)14-19(23)26/h4-9,13-16,20,30H,10-12H2,1-3H3,(H,28,31)(H,29,32)/t16?,20-/m0/s1. The van der Waals surface area contributed by atoms with Crippen LogP contribution in [0, 0.1) is 11.7 Å². The van der Waals surface area contributed by atoms with Gasteiger partial charge in [0.05, 0.1) is 9.90 Å². The Morgan fingerprint density at radius 1 is 1.08 bits per heavy atom. The maximum absolute atomic E-state index is 13.2. The first-order valence-corrected chi connectivity index (χ1v) is 14.2. The zero-order valence-electron chi connectivity index (χ0n) is 20.2. The van der Waals surface area contributed by atoms with Gasteiger partial charge in [0.2, 0.25) is 15.9 Å². The molecule has 3 N–H and O–H groups in total. The lowest BCUT2D eigenvalue weighted by molar-refractivity contribution is -0.123. The summed E-state index contributed by atoms with van der Waals surface area (Å²) in [6, 6.07) is 11.3. The summed E-state index contributed by atoms with van der Waals surface area (Å²) in [6.45, 7) is 5.76. The number of fused-ring (bicyclic) bond motifs is 1. The lowest BCUT2D eigenvalue weighted by Crippen LogP contribution is -2.48. The summed E-state index contributed by atoms with van der Waals surface area (Å²) >= 11 is 7.24. The molecule has 0 bridgehead atoms. The first kappa shape index (κ1) is 28.0. The molecule has 0 saturated heterocycles. The van der Waals surface area contributed by atoms with Crippen molar-refractivity contribution in [3.8, 4) is 0 Å². The quantitative estimate of drug-likeness (QED) is 0.320.